The molecular formula is C35H58O9. The lowest BCUT2D eigenvalue weighted by Gasteiger charge is -2.62. The summed E-state index contributed by atoms with van der Waals surface area (Å²) in [5.41, 5.74) is -3.56. The smallest absolute Gasteiger partial charge is 0.303 e. The van der Waals surface area contributed by atoms with Gasteiger partial charge in [0.25, 0.3) is 0 Å². The Bertz CT molecular complexity index is 1110. The van der Waals surface area contributed by atoms with E-state index < -0.39 is 46.2 Å². The van der Waals surface area contributed by atoms with Gasteiger partial charge in [-0.05, 0) is 94.3 Å². The quantitative estimate of drug-likeness (QED) is 0.207. The van der Waals surface area contributed by atoms with Crippen LogP contribution in [0.2, 0.25) is 0 Å². The Morgan fingerprint density at radius 1 is 0.977 bits per heavy atom. The second-order valence-electron chi connectivity index (χ2n) is 16.2. The zero-order valence-electron chi connectivity index (χ0n) is 28.7. The van der Waals surface area contributed by atoms with Crippen molar-refractivity contribution >= 4 is 11.9 Å². The van der Waals surface area contributed by atoms with Crippen molar-refractivity contribution in [3.05, 3.63) is 0 Å². The third kappa shape index (κ3) is 4.80. The van der Waals surface area contributed by atoms with Gasteiger partial charge < -0.3 is 33.9 Å². The molecule has 0 bridgehead atoms. The minimum atomic E-state index is -1.04. The average molecular weight is 623 g/mol. The van der Waals surface area contributed by atoms with Gasteiger partial charge in [0.15, 0.2) is 5.79 Å². The Morgan fingerprint density at radius 3 is 2.20 bits per heavy atom. The van der Waals surface area contributed by atoms with Crippen molar-refractivity contribution in [3.8, 4) is 0 Å². The molecule has 12 atom stereocenters. The van der Waals surface area contributed by atoms with Gasteiger partial charge in [-0.3, -0.25) is 9.59 Å². The Labute approximate surface area is 264 Å². The second kappa shape index (κ2) is 11.2. The number of epoxide rings is 1. The van der Waals surface area contributed by atoms with Crippen molar-refractivity contribution in [3.63, 3.8) is 0 Å². The SMILES string of the molecule is COC1(OC)CCC2(C)C(CCC3C2CCC2(COC(C)=O)C3CC(O)C23OC3(C)C(OC(C)=O)C(C)C(C)C(C)(C)O)C1. The van der Waals surface area contributed by atoms with E-state index in [1.54, 1.807) is 28.1 Å². The van der Waals surface area contributed by atoms with Crippen LogP contribution in [-0.4, -0.2) is 77.8 Å². The first-order valence-corrected chi connectivity index (χ1v) is 16.9. The van der Waals surface area contributed by atoms with Gasteiger partial charge in [-0.25, -0.2) is 0 Å². The normalized spacial score (nSPS) is 44.5. The summed E-state index contributed by atoms with van der Waals surface area (Å²) in [6, 6.07) is 0. The summed E-state index contributed by atoms with van der Waals surface area (Å²) in [7, 11) is 3.50. The molecule has 1 saturated heterocycles. The molecule has 0 radical (unpaired) electrons. The predicted molar refractivity (Wildman–Crippen MR) is 163 cm³/mol. The summed E-state index contributed by atoms with van der Waals surface area (Å²) in [6.07, 6.45) is 5.60. The average Bonchev–Trinajstić information content (AvgIpc) is 3.53. The molecule has 0 amide bonds. The lowest BCUT2D eigenvalue weighted by atomic mass is 9.43. The van der Waals surface area contributed by atoms with E-state index in [9.17, 15) is 19.8 Å². The van der Waals surface area contributed by atoms with Crippen LogP contribution in [0.25, 0.3) is 0 Å². The minimum absolute atomic E-state index is 0.0896. The number of carbonyl (C=O) groups is 2. The van der Waals surface area contributed by atoms with Gasteiger partial charge in [-0.1, -0.05) is 20.8 Å². The highest BCUT2D eigenvalue weighted by atomic mass is 16.7. The number of aliphatic hydroxyl groups excluding tert-OH is 1. The van der Waals surface area contributed by atoms with E-state index in [2.05, 4.69) is 6.92 Å². The fourth-order valence-electron chi connectivity index (χ4n) is 11.4. The number of rotatable bonds is 9. The van der Waals surface area contributed by atoms with E-state index in [1.807, 2.05) is 20.8 Å². The van der Waals surface area contributed by atoms with Gasteiger partial charge in [-0.15, -0.1) is 0 Å². The molecule has 252 valence electrons. The monoisotopic (exact) mass is 622 g/mol. The molecule has 9 nitrogen and oxygen atoms in total. The molecule has 12 unspecified atom stereocenters. The molecule has 1 aliphatic heterocycles. The maximum atomic E-state index is 12.5. The number of ether oxygens (including phenoxy) is 5. The first-order chi connectivity index (χ1) is 20.4. The Hall–Kier alpha value is -1.26. The molecule has 4 saturated carbocycles. The van der Waals surface area contributed by atoms with Crippen molar-refractivity contribution in [2.24, 2.45) is 46.3 Å². The van der Waals surface area contributed by atoms with Crippen molar-refractivity contribution in [2.45, 2.75) is 142 Å². The van der Waals surface area contributed by atoms with Crippen LogP contribution in [0.3, 0.4) is 0 Å². The van der Waals surface area contributed by atoms with Crippen LogP contribution in [0.15, 0.2) is 0 Å². The molecule has 5 fully saturated rings. The first-order valence-electron chi connectivity index (χ1n) is 16.9. The molecule has 1 spiro atoms. The lowest BCUT2D eigenvalue weighted by molar-refractivity contribution is -0.262. The van der Waals surface area contributed by atoms with Gasteiger partial charge in [0.2, 0.25) is 0 Å². The Morgan fingerprint density at radius 2 is 1.64 bits per heavy atom. The van der Waals surface area contributed by atoms with Crippen LogP contribution in [-0.2, 0) is 33.3 Å². The molecule has 2 N–H and O–H groups in total. The molecule has 5 aliphatic rings. The van der Waals surface area contributed by atoms with E-state index in [1.165, 1.54) is 13.8 Å². The summed E-state index contributed by atoms with van der Waals surface area (Å²) in [6.45, 7) is 14.9. The van der Waals surface area contributed by atoms with Gasteiger partial charge in [0.1, 0.15) is 23.9 Å². The first kappa shape index (κ1) is 34.1. The van der Waals surface area contributed by atoms with Gasteiger partial charge in [0, 0.05) is 52.2 Å². The summed E-state index contributed by atoms with van der Waals surface area (Å²) in [5, 5.41) is 23.0. The van der Waals surface area contributed by atoms with Crippen LogP contribution in [0.5, 0.6) is 0 Å². The summed E-state index contributed by atoms with van der Waals surface area (Å²) in [4.78, 5) is 24.9. The number of hydrogen-bond acceptors (Lipinski definition) is 9. The highest BCUT2D eigenvalue weighted by molar-refractivity contribution is 5.67. The number of aliphatic hydroxyl groups is 2. The highest BCUT2D eigenvalue weighted by Gasteiger charge is 2.88. The third-order valence-corrected chi connectivity index (χ3v) is 14.1. The van der Waals surface area contributed by atoms with Gasteiger partial charge in [0.05, 0.1) is 11.7 Å². The third-order valence-electron chi connectivity index (χ3n) is 14.1. The van der Waals surface area contributed by atoms with Gasteiger partial charge in [-0.2, -0.15) is 0 Å². The molecule has 44 heavy (non-hydrogen) atoms. The molecule has 5 rings (SSSR count). The number of esters is 2. The molecule has 9 heteroatoms. The highest BCUT2D eigenvalue weighted by Crippen LogP contribution is 2.77. The van der Waals surface area contributed by atoms with Crippen molar-refractivity contribution in [1.29, 1.82) is 0 Å². The topological polar surface area (TPSA) is 124 Å². The molecule has 0 aromatic rings. The fourth-order valence-corrected chi connectivity index (χ4v) is 11.4. The second-order valence-corrected chi connectivity index (χ2v) is 16.2. The Kier molecular flexibility index (Phi) is 8.66. The largest absolute Gasteiger partial charge is 0.465 e. The van der Waals surface area contributed by atoms with E-state index in [-0.39, 0.29) is 35.7 Å². The molecule has 4 aliphatic carbocycles. The van der Waals surface area contributed by atoms with E-state index in [0.29, 0.717) is 24.2 Å². The molecular weight excluding hydrogens is 564 g/mol. The van der Waals surface area contributed by atoms with Crippen LogP contribution < -0.4 is 0 Å². The van der Waals surface area contributed by atoms with Crippen LogP contribution in [0, 0.1) is 46.3 Å². The molecule has 1 heterocycles. The van der Waals surface area contributed by atoms with E-state index in [0.717, 1.165) is 44.9 Å². The maximum absolute atomic E-state index is 12.5. The van der Waals surface area contributed by atoms with E-state index >= 15 is 0 Å². The summed E-state index contributed by atoms with van der Waals surface area (Å²) in [5.74, 6) is -0.407. The van der Waals surface area contributed by atoms with Crippen LogP contribution in [0.4, 0.5) is 0 Å². The van der Waals surface area contributed by atoms with E-state index in [4.69, 9.17) is 23.7 Å². The zero-order valence-corrected chi connectivity index (χ0v) is 28.7. The van der Waals surface area contributed by atoms with Crippen molar-refractivity contribution in [2.75, 3.05) is 20.8 Å². The Balaban J connectivity index is 1.52. The van der Waals surface area contributed by atoms with Crippen LogP contribution in [0.1, 0.15) is 107 Å². The predicted octanol–water partition coefficient (Wildman–Crippen LogP) is 5.03. The number of hydrogen-bond donors (Lipinski definition) is 2. The number of carbonyl (C=O) groups excluding carboxylic acids is 2. The number of methoxy groups -OCH3 is 2. The van der Waals surface area contributed by atoms with Gasteiger partial charge >= 0.3 is 11.9 Å². The maximum Gasteiger partial charge on any atom is 0.303 e. The molecule has 0 aromatic carbocycles. The summed E-state index contributed by atoms with van der Waals surface area (Å²) >= 11 is 0. The fraction of sp³-hybridized carbons (Fsp3) is 0.943. The minimum Gasteiger partial charge on any atom is -0.465 e. The van der Waals surface area contributed by atoms with Crippen LogP contribution >= 0.6 is 0 Å². The number of fused-ring (bicyclic) bond motifs is 6. The van der Waals surface area contributed by atoms with Crippen molar-refractivity contribution in [1.82, 2.24) is 0 Å². The molecule has 0 aromatic heterocycles. The zero-order chi connectivity index (χ0) is 32.7. The standard InChI is InChI=1S/C35H58O9/c1-20(21(2)30(5,6)39)29(43-23(4)37)32(8)35(44-32)28(38)17-27-25-12-11-24-18-34(40-9,41-10)16-15-31(24,7)26(25)13-14-33(27,35)19-42-22(3)36/h20-21,24-29,38-39H,11-19H2,1-10H3. The lowest BCUT2D eigenvalue weighted by Crippen LogP contribution is -2.61. The van der Waals surface area contributed by atoms with Crippen molar-refractivity contribution < 1.29 is 43.5 Å². The summed E-state index contributed by atoms with van der Waals surface area (Å²) < 4.78 is 30.6.